The number of halogens is 1. The third kappa shape index (κ3) is 3.91. The summed E-state index contributed by atoms with van der Waals surface area (Å²) in [5.41, 5.74) is 9.80. The van der Waals surface area contributed by atoms with Crippen molar-refractivity contribution in [3.05, 3.63) is 71.0 Å². The lowest BCUT2D eigenvalue weighted by molar-refractivity contribution is 0.619. The Bertz CT molecular complexity index is 528. The minimum absolute atomic E-state index is 0.0413. The van der Waals surface area contributed by atoms with Gasteiger partial charge in [-0.25, -0.2) is 4.39 Å². The highest BCUT2D eigenvalue weighted by Crippen LogP contribution is 2.19. The van der Waals surface area contributed by atoms with Crippen molar-refractivity contribution in [1.29, 1.82) is 0 Å². The fourth-order valence-corrected chi connectivity index (χ4v) is 2.27. The Morgan fingerprint density at radius 3 is 2.00 bits per heavy atom. The summed E-state index contributed by atoms with van der Waals surface area (Å²) in [4.78, 5) is 0. The van der Waals surface area contributed by atoms with Crippen LogP contribution in [0.25, 0.3) is 0 Å². The van der Waals surface area contributed by atoms with Crippen LogP contribution in [0.15, 0.2) is 48.5 Å². The van der Waals surface area contributed by atoms with E-state index in [4.69, 9.17) is 5.73 Å². The van der Waals surface area contributed by atoms with Crippen LogP contribution in [0, 0.1) is 5.82 Å². The Balaban J connectivity index is 1.92. The standard InChI is InChI=1S/C18H22FN/c1-13(2)15-6-3-14(4-7-15)5-12-18(20)16-8-10-17(19)11-9-16/h3-4,6-11,13,18H,5,12,20H2,1-2H3. The van der Waals surface area contributed by atoms with Crippen LogP contribution in [0.3, 0.4) is 0 Å². The first kappa shape index (κ1) is 14.7. The maximum Gasteiger partial charge on any atom is 0.123 e. The van der Waals surface area contributed by atoms with Crippen LogP contribution in [-0.4, -0.2) is 0 Å². The predicted molar refractivity (Wildman–Crippen MR) is 82.2 cm³/mol. The molecule has 0 heterocycles. The van der Waals surface area contributed by atoms with Crippen molar-refractivity contribution in [2.45, 2.75) is 38.6 Å². The topological polar surface area (TPSA) is 26.0 Å². The first-order valence-electron chi connectivity index (χ1n) is 7.16. The number of benzene rings is 2. The smallest absolute Gasteiger partial charge is 0.123 e. The highest BCUT2D eigenvalue weighted by atomic mass is 19.1. The average Bonchev–Trinajstić information content (AvgIpc) is 2.46. The van der Waals surface area contributed by atoms with Gasteiger partial charge in [0.05, 0.1) is 0 Å². The molecule has 0 radical (unpaired) electrons. The summed E-state index contributed by atoms with van der Waals surface area (Å²) < 4.78 is 12.9. The summed E-state index contributed by atoms with van der Waals surface area (Å²) >= 11 is 0. The summed E-state index contributed by atoms with van der Waals surface area (Å²) in [6, 6.07) is 15.1. The van der Waals surface area contributed by atoms with Crippen LogP contribution >= 0.6 is 0 Å². The molecule has 0 aliphatic heterocycles. The van der Waals surface area contributed by atoms with Crippen LogP contribution in [0.1, 0.15) is 48.9 Å². The van der Waals surface area contributed by atoms with E-state index in [1.807, 2.05) is 0 Å². The molecule has 20 heavy (non-hydrogen) atoms. The second kappa shape index (κ2) is 6.67. The van der Waals surface area contributed by atoms with Gasteiger partial charge in [-0.2, -0.15) is 0 Å². The van der Waals surface area contributed by atoms with Gasteiger partial charge in [-0.05, 0) is 47.6 Å². The molecular formula is C18H22FN. The molecule has 0 bridgehead atoms. The lowest BCUT2D eigenvalue weighted by Crippen LogP contribution is -2.11. The van der Waals surface area contributed by atoms with E-state index < -0.39 is 0 Å². The molecule has 2 N–H and O–H groups in total. The Kier molecular flexibility index (Phi) is 4.91. The Labute approximate surface area is 120 Å². The van der Waals surface area contributed by atoms with Crippen molar-refractivity contribution in [1.82, 2.24) is 0 Å². The van der Waals surface area contributed by atoms with Gasteiger partial charge >= 0.3 is 0 Å². The van der Waals surface area contributed by atoms with Crippen molar-refractivity contribution in [2.75, 3.05) is 0 Å². The minimum Gasteiger partial charge on any atom is -0.324 e. The molecule has 1 nitrogen and oxygen atoms in total. The van der Waals surface area contributed by atoms with Gasteiger partial charge in [0.25, 0.3) is 0 Å². The van der Waals surface area contributed by atoms with E-state index in [1.165, 1.54) is 23.3 Å². The molecule has 0 saturated carbocycles. The van der Waals surface area contributed by atoms with Crippen molar-refractivity contribution in [3.8, 4) is 0 Å². The van der Waals surface area contributed by atoms with Crippen molar-refractivity contribution < 1.29 is 4.39 Å². The molecule has 0 spiro atoms. The number of rotatable bonds is 5. The monoisotopic (exact) mass is 271 g/mol. The van der Waals surface area contributed by atoms with E-state index in [0.29, 0.717) is 5.92 Å². The van der Waals surface area contributed by atoms with Gasteiger partial charge in [-0.1, -0.05) is 50.2 Å². The third-order valence-corrected chi connectivity index (χ3v) is 3.69. The second-order valence-corrected chi connectivity index (χ2v) is 5.59. The third-order valence-electron chi connectivity index (χ3n) is 3.69. The van der Waals surface area contributed by atoms with Crippen LogP contribution in [0.4, 0.5) is 4.39 Å². The summed E-state index contributed by atoms with van der Waals surface area (Å²) in [5.74, 6) is 0.343. The number of hydrogen-bond acceptors (Lipinski definition) is 1. The quantitative estimate of drug-likeness (QED) is 0.846. The Morgan fingerprint density at radius 2 is 1.45 bits per heavy atom. The normalized spacial score (nSPS) is 12.7. The van der Waals surface area contributed by atoms with Gasteiger partial charge in [0, 0.05) is 6.04 Å². The van der Waals surface area contributed by atoms with Crippen LogP contribution in [0.2, 0.25) is 0 Å². The van der Waals surface area contributed by atoms with Crippen LogP contribution in [-0.2, 0) is 6.42 Å². The summed E-state index contributed by atoms with van der Waals surface area (Å²) in [6.07, 6.45) is 1.81. The van der Waals surface area contributed by atoms with Crippen LogP contribution < -0.4 is 5.73 Å². The van der Waals surface area contributed by atoms with E-state index in [0.717, 1.165) is 18.4 Å². The molecule has 2 aromatic carbocycles. The van der Waals surface area contributed by atoms with Gasteiger partial charge in [0.1, 0.15) is 5.82 Å². The highest BCUT2D eigenvalue weighted by Gasteiger charge is 2.07. The summed E-state index contributed by atoms with van der Waals surface area (Å²) in [5, 5.41) is 0. The molecule has 1 unspecified atom stereocenters. The van der Waals surface area contributed by atoms with Crippen molar-refractivity contribution >= 4 is 0 Å². The molecule has 1 atom stereocenters. The lowest BCUT2D eigenvalue weighted by Gasteiger charge is -2.12. The zero-order valence-corrected chi connectivity index (χ0v) is 12.1. The number of hydrogen-bond donors (Lipinski definition) is 1. The molecule has 0 aliphatic rings. The first-order chi connectivity index (χ1) is 9.56. The van der Waals surface area contributed by atoms with E-state index in [9.17, 15) is 4.39 Å². The minimum atomic E-state index is -0.217. The SMILES string of the molecule is CC(C)c1ccc(CCC(N)c2ccc(F)cc2)cc1. The maximum absolute atomic E-state index is 12.9. The molecule has 2 rings (SSSR count). The Hall–Kier alpha value is -1.67. The molecule has 0 amide bonds. The zero-order chi connectivity index (χ0) is 14.5. The summed E-state index contributed by atoms with van der Waals surface area (Å²) in [6.45, 7) is 4.39. The fourth-order valence-electron chi connectivity index (χ4n) is 2.27. The molecule has 2 aromatic rings. The lowest BCUT2D eigenvalue weighted by atomic mass is 9.97. The highest BCUT2D eigenvalue weighted by molar-refractivity contribution is 5.25. The van der Waals surface area contributed by atoms with Gasteiger partial charge < -0.3 is 5.73 Å². The van der Waals surface area contributed by atoms with Crippen LogP contribution in [0.5, 0.6) is 0 Å². The van der Waals surface area contributed by atoms with Crippen molar-refractivity contribution in [3.63, 3.8) is 0 Å². The largest absolute Gasteiger partial charge is 0.324 e. The van der Waals surface area contributed by atoms with Gasteiger partial charge in [0.2, 0.25) is 0 Å². The molecule has 0 aromatic heterocycles. The fraction of sp³-hybridized carbons (Fsp3) is 0.333. The number of nitrogens with two attached hydrogens (primary N) is 1. The van der Waals surface area contributed by atoms with Gasteiger partial charge in [-0.15, -0.1) is 0 Å². The average molecular weight is 271 g/mol. The summed E-state index contributed by atoms with van der Waals surface area (Å²) in [7, 11) is 0. The predicted octanol–water partition coefficient (Wildman–Crippen LogP) is 4.58. The van der Waals surface area contributed by atoms with Gasteiger partial charge in [-0.3, -0.25) is 0 Å². The molecular weight excluding hydrogens is 249 g/mol. The molecule has 0 fully saturated rings. The Morgan fingerprint density at radius 1 is 0.900 bits per heavy atom. The van der Waals surface area contributed by atoms with E-state index >= 15 is 0 Å². The van der Waals surface area contributed by atoms with E-state index in [1.54, 1.807) is 12.1 Å². The molecule has 2 heteroatoms. The maximum atomic E-state index is 12.9. The molecule has 0 saturated heterocycles. The van der Waals surface area contributed by atoms with Crippen molar-refractivity contribution in [2.24, 2.45) is 5.73 Å². The van der Waals surface area contributed by atoms with E-state index in [2.05, 4.69) is 38.1 Å². The second-order valence-electron chi connectivity index (χ2n) is 5.59. The van der Waals surface area contributed by atoms with Gasteiger partial charge in [0.15, 0.2) is 0 Å². The molecule has 106 valence electrons. The first-order valence-corrected chi connectivity index (χ1v) is 7.16. The zero-order valence-electron chi connectivity index (χ0n) is 12.1. The van der Waals surface area contributed by atoms with E-state index in [-0.39, 0.29) is 11.9 Å². The number of aryl methyl sites for hydroxylation is 1. The molecule has 0 aliphatic carbocycles.